The van der Waals surface area contributed by atoms with Gasteiger partial charge in [0, 0.05) is 36.5 Å². The van der Waals surface area contributed by atoms with Crippen LogP contribution in [0.3, 0.4) is 0 Å². The van der Waals surface area contributed by atoms with Gasteiger partial charge in [0.2, 0.25) is 0 Å². The molecule has 1 aliphatic heterocycles. The van der Waals surface area contributed by atoms with Gasteiger partial charge in [0.25, 0.3) is 5.69 Å². The zero-order valence-corrected chi connectivity index (χ0v) is 14.4. The van der Waals surface area contributed by atoms with Crippen LogP contribution in [0.1, 0.15) is 11.3 Å². The first kappa shape index (κ1) is 19.0. The predicted molar refractivity (Wildman–Crippen MR) is 99.4 cm³/mol. The number of aromatic amines is 2. The first-order chi connectivity index (χ1) is 13.4. The number of anilines is 1. The normalized spacial score (nSPS) is 14.4. The van der Waals surface area contributed by atoms with Crippen molar-refractivity contribution in [2.75, 3.05) is 31.2 Å². The Balaban J connectivity index is 2.09. The molecule has 0 bridgehead atoms. The number of hydrogen-bond donors (Lipinski definition) is 2. The minimum atomic E-state index is -1.14. The van der Waals surface area contributed by atoms with Gasteiger partial charge in [0.15, 0.2) is 0 Å². The maximum absolute atomic E-state index is 11.7. The van der Waals surface area contributed by atoms with Crippen molar-refractivity contribution >= 4 is 29.2 Å². The Labute approximate surface area is 156 Å². The van der Waals surface area contributed by atoms with Gasteiger partial charge in [-0.05, 0) is 12.1 Å². The Morgan fingerprint density at radius 1 is 1.04 bits per heavy atom. The topological polar surface area (TPSA) is 164 Å². The fraction of sp³-hybridized carbons (Fsp3) is 0.250. The lowest BCUT2D eigenvalue weighted by atomic mass is 10.1. The summed E-state index contributed by atoms with van der Waals surface area (Å²) in [6.45, 7) is 2.13. The summed E-state index contributed by atoms with van der Waals surface area (Å²) in [5.41, 5.74) is -2.26. The third-order valence-corrected chi connectivity index (χ3v) is 4.13. The number of nitro benzene ring substituents is 1. The molecule has 146 valence electrons. The lowest BCUT2D eigenvalue weighted by Crippen LogP contribution is -2.36. The van der Waals surface area contributed by atoms with E-state index in [1.165, 1.54) is 24.3 Å². The number of H-pyrrole nitrogens is 2. The number of aromatic nitrogens is 2. The van der Waals surface area contributed by atoms with Crippen LogP contribution in [0.2, 0.25) is 0 Å². The molecule has 1 aliphatic rings. The summed E-state index contributed by atoms with van der Waals surface area (Å²) in [5.74, 6) is 0. The third-order valence-electron chi connectivity index (χ3n) is 4.13. The molecular weight excluding hydrogens is 374 g/mol. The summed E-state index contributed by atoms with van der Waals surface area (Å²) in [5, 5.41) is 22.3. The molecule has 0 spiro atoms. The molecule has 28 heavy (non-hydrogen) atoms. The number of non-ortho nitro benzene ring substituents is 1. The van der Waals surface area contributed by atoms with Crippen molar-refractivity contribution in [1.29, 1.82) is 0 Å². The molecule has 0 atom stereocenters. The number of benzene rings is 1. The number of morpholine rings is 1. The number of hydrogen-bond acceptors (Lipinski definition) is 8. The van der Waals surface area contributed by atoms with Gasteiger partial charge < -0.3 is 14.6 Å². The van der Waals surface area contributed by atoms with E-state index < -0.39 is 26.8 Å². The molecular formula is C16H15N5O7. The van der Waals surface area contributed by atoms with Gasteiger partial charge in [-0.2, -0.15) is 0 Å². The number of nitro groups is 2. The minimum absolute atomic E-state index is 0.162. The van der Waals surface area contributed by atoms with Gasteiger partial charge in [-0.1, -0.05) is 6.08 Å². The molecule has 3 rings (SSSR count). The zero-order valence-electron chi connectivity index (χ0n) is 14.4. The van der Waals surface area contributed by atoms with E-state index in [2.05, 4.69) is 4.98 Å². The van der Waals surface area contributed by atoms with Crippen molar-refractivity contribution < 1.29 is 14.6 Å². The van der Waals surface area contributed by atoms with Crippen LogP contribution in [0.15, 0.2) is 27.8 Å². The monoisotopic (exact) mass is 389 g/mol. The van der Waals surface area contributed by atoms with Crippen LogP contribution in [0, 0.1) is 20.2 Å². The molecule has 0 aliphatic carbocycles. The first-order valence-electron chi connectivity index (χ1n) is 8.17. The molecule has 0 saturated carbocycles. The van der Waals surface area contributed by atoms with E-state index in [1.807, 2.05) is 4.90 Å². The molecule has 12 heteroatoms. The van der Waals surface area contributed by atoms with E-state index in [9.17, 15) is 29.8 Å². The molecule has 1 aromatic carbocycles. The van der Waals surface area contributed by atoms with Crippen molar-refractivity contribution in [2.24, 2.45) is 0 Å². The second-order valence-corrected chi connectivity index (χ2v) is 5.86. The Kier molecular flexibility index (Phi) is 5.31. The van der Waals surface area contributed by atoms with Crippen molar-refractivity contribution in [3.8, 4) is 0 Å². The average molecular weight is 389 g/mol. The smallest absolute Gasteiger partial charge is 0.357 e. The lowest BCUT2D eigenvalue weighted by molar-refractivity contribution is -0.386. The summed E-state index contributed by atoms with van der Waals surface area (Å²) in [6, 6.07) is 4.26. The van der Waals surface area contributed by atoms with Crippen molar-refractivity contribution in [1.82, 2.24) is 9.97 Å². The second kappa shape index (κ2) is 7.84. The Bertz CT molecular complexity index is 1070. The van der Waals surface area contributed by atoms with Crippen LogP contribution in [-0.4, -0.2) is 46.1 Å². The third kappa shape index (κ3) is 3.96. The quantitative estimate of drug-likeness (QED) is 0.562. The van der Waals surface area contributed by atoms with E-state index >= 15 is 0 Å². The van der Waals surface area contributed by atoms with Crippen LogP contribution in [0.25, 0.3) is 12.2 Å². The van der Waals surface area contributed by atoms with E-state index in [4.69, 9.17) is 4.74 Å². The Morgan fingerprint density at radius 3 is 2.39 bits per heavy atom. The van der Waals surface area contributed by atoms with E-state index in [-0.39, 0.29) is 11.4 Å². The van der Waals surface area contributed by atoms with Crippen LogP contribution >= 0.6 is 0 Å². The summed E-state index contributed by atoms with van der Waals surface area (Å²) >= 11 is 0. The molecule has 2 N–H and O–H groups in total. The summed E-state index contributed by atoms with van der Waals surface area (Å²) in [7, 11) is 0. The average Bonchev–Trinajstić information content (AvgIpc) is 2.65. The van der Waals surface area contributed by atoms with Gasteiger partial charge in [0.05, 0.1) is 23.1 Å². The SMILES string of the molecule is O=c1[nH]c(/C=C/c2cc([N+](=O)[O-])ccc2N2CCOCC2)c([N+](=O)[O-])c(=O)[nH]1. The molecule has 2 heterocycles. The molecule has 1 fully saturated rings. The number of ether oxygens (including phenoxy) is 1. The summed E-state index contributed by atoms with van der Waals surface area (Å²) in [4.78, 5) is 49.9. The van der Waals surface area contributed by atoms with Crippen LogP contribution in [0.4, 0.5) is 17.1 Å². The van der Waals surface area contributed by atoms with Gasteiger partial charge in [-0.15, -0.1) is 0 Å². The van der Waals surface area contributed by atoms with Gasteiger partial charge in [-0.25, -0.2) is 4.79 Å². The van der Waals surface area contributed by atoms with Crippen molar-refractivity contribution in [3.05, 3.63) is 70.5 Å². The molecule has 12 nitrogen and oxygen atoms in total. The number of nitrogens with zero attached hydrogens (tertiary/aromatic N) is 3. The number of nitrogens with one attached hydrogen (secondary N) is 2. The zero-order chi connectivity index (χ0) is 20.3. The molecule has 0 amide bonds. The Morgan fingerprint density at radius 2 is 1.75 bits per heavy atom. The lowest BCUT2D eigenvalue weighted by Gasteiger charge is -2.30. The van der Waals surface area contributed by atoms with Gasteiger partial charge in [-0.3, -0.25) is 30.0 Å². The standard InChI is InChI=1S/C16H15N5O7/c22-15-14(21(26)27)12(17-16(23)18-15)3-1-10-9-11(20(24)25)2-4-13(10)19-5-7-28-8-6-19/h1-4,9H,5-8H2,(H2,17,18,22,23)/b3-1+. The van der Waals surface area contributed by atoms with Gasteiger partial charge >= 0.3 is 16.9 Å². The molecule has 1 saturated heterocycles. The van der Waals surface area contributed by atoms with Gasteiger partial charge in [0.1, 0.15) is 5.69 Å². The van der Waals surface area contributed by atoms with Crippen LogP contribution < -0.4 is 16.1 Å². The van der Waals surface area contributed by atoms with E-state index in [0.717, 1.165) is 0 Å². The molecule has 2 aromatic rings. The van der Waals surface area contributed by atoms with E-state index in [1.54, 1.807) is 11.1 Å². The van der Waals surface area contributed by atoms with Crippen molar-refractivity contribution in [2.45, 2.75) is 0 Å². The van der Waals surface area contributed by atoms with Crippen LogP contribution in [-0.2, 0) is 4.74 Å². The summed E-state index contributed by atoms with van der Waals surface area (Å²) in [6.07, 6.45) is 2.56. The predicted octanol–water partition coefficient (Wildman–Crippen LogP) is 0.887. The maximum atomic E-state index is 11.7. The highest BCUT2D eigenvalue weighted by molar-refractivity contribution is 5.79. The largest absolute Gasteiger partial charge is 0.378 e. The Hall–Kier alpha value is -3.80. The molecule has 0 radical (unpaired) electrons. The highest BCUT2D eigenvalue weighted by Crippen LogP contribution is 2.28. The van der Waals surface area contributed by atoms with E-state index in [0.29, 0.717) is 37.6 Å². The highest BCUT2D eigenvalue weighted by atomic mass is 16.6. The second-order valence-electron chi connectivity index (χ2n) is 5.86. The molecule has 0 unspecified atom stereocenters. The fourth-order valence-electron chi connectivity index (χ4n) is 2.85. The minimum Gasteiger partial charge on any atom is -0.378 e. The first-order valence-corrected chi connectivity index (χ1v) is 8.17. The van der Waals surface area contributed by atoms with Crippen LogP contribution in [0.5, 0.6) is 0 Å². The molecule has 1 aromatic heterocycles. The van der Waals surface area contributed by atoms with Crippen molar-refractivity contribution in [3.63, 3.8) is 0 Å². The number of rotatable bonds is 5. The maximum Gasteiger partial charge on any atom is 0.357 e. The summed E-state index contributed by atoms with van der Waals surface area (Å²) < 4.78 is 5.30. The highest BCUT2D eigenvalue weighted by Gasteiger charge is 2.20. The fourth-order valence-corrected chi connectivity index (χ4v) is 2.85.